The zero-order valence-electron chi connectivity index (χ0n) is 10.1. The Morgan fingerprint density at radius 2 is 2.29 bits per heavy atom. The SMILES string of the molecule is CC1CN(C)CCN1CC(=O)c1ccc(Br)s1. The van der Waals surface area contributed by atoms with Gasteiger partial charge in [0.15, 0.2) is 5.78 Å². The summed E-state index contributed by atoms with van der Waals surface area (Å²) < 4.78 is 1.02. The standard InChI is InChI=1S/C12H17BrN2OS/c1-9-7-14(2)5-6-15(9)8-10(16)11-3-4-12(13)17-11/h3-4,9H,5-8H2,1-2H3. The number of thiophene rings is 1. The van der Waals surface area contributed by atoms with Crippen LogP contribution in [0, 0.1) is 0 Å². The van der Waals surface area contributed by atoms with E-state index in [9.17, 15) is 4.79 Å². The lowest BCUT2D eigenvalue weighted by Gasteiger charge is -2.37. The van der Waals surface area contributed by atoms with Gasteiger partial charge in [-0.15, -0.1) is 11.3 Å². The number of Topliss-reactive ketones (excluding diaryl/α,β-unsaturated/α-hetero) is 1. The monoisotopic (exact) mass is 316 g/mol. The van der Waals surface area contributed by atoms with Gasteiger partial charge in [-0.25, -0.2) is 0 Å². The van der Waals surface area contributed by atoms with Crippen LogP contribution in [0.5, 0.6) is 0 Å². The van der Waals surface area contributed by atoms with Gasteiger partial charge in [0, 0.05) is 25.7 Å². The molecule has 1 aromatic heterocycles. The first-order valence-electron chi connectivity index (χ1n) is 5.77. The summed E-state index contributed by atoms with van der Waals surface area (Å²) in [6.07, 6.45) is 0. The predicted octanol–water partition coefficient (Wildman–Crippen LogP) is 2.33. The van der Waals surface area contributed by atoms with Crippen molar-refractivity contribution in [1.29, 1.82) is 0 Å². The van der Waals surface area contributed by atoms with Crippen LogP contribution in [0.3, 0.4) is 0 Å². The highest BCUT2D eigenvalue weighted by molar-refractivity contribution is 9.11. The minimum absolute atomic E-state index is 0.233. The smallest absolute Gasteiger partial charge is 0.186 e. The van der Waals surface area contributed by atoms with E-state index < -0.39 is 0 Å². The van der Waals surface area contributed by atoms with E-state index in [0.717, 1.165) is 28.3 Å². The highest BCUT2D eigenvalue weighted by Gasteiger charge is 2.23. The number of halogens is 1. The maximum atomic E-state index is 12.1. The Hall–Kier alpha value is -0.230. The Morgan fingerprint density at radius 1 is 1.53 bits per heavy atom. The molecule has 94 valence electrons. The molecule has 1 atom stereocenters. The fraction of sp³-hybridized carbons (Fsp3) is 0.583. The van der Waals surface area contributed by atoms with Crippen LogP contribution in [0.4, 0.5) is 0 Å². The Bertz CT molecular complexity index is 407. The Kier molecular flexibility index (Phi) is 4.36. The molecule has 0 aliphatic carbocycles. The minimum Gasteiger partial charge on any atom is -0.304 e. The largest absolute Gasteiger partial charge is 0.304 e. The van der Waals surface area contributed by atoms with Crippen LogP contribution >= 0.6 is 27.3 Å². The number of nitrogens with zero attached hydrogens (tertiary/aromatic N) is 2. The van der Waals surface area contributed by atoms with Crippen molar-refractivity contribution < 1.29 is 4.79 Å². The molecule has 1 unspecified atom stereocenters. The summed E-state index contributed by atoms with van der Waals surface area (Å²) in [6.45, 7) is 5.80. The van der Waals surface area contributed by atoms with Crippen molar-refractivity contribution in [2.24, 2.45) is 0 Å². The van der Waals surface area contributed by atoms with Crippen molar-refractivity contribution in [3.05, 3.63) is 20.8 Å². The zero-order chi connectivity index (χ0) is 12.4. The third-order valence-electron chi connectivity index (χ3n) is 3.16. The van der Waals surface area contributed by atoms with Gasteiger partial charge >= 0.3 is 0 Å². The van der Waals surface area contributed by atoms with E-state index in [1.807, 2.05) is 12.1 Å². The molecule has 0 radical (unpaired) electrons. The summed E-state index contributed by atoms with van der Waals surface area (Å²) in [5, 5.41) is 0. The van der Waals surface area contributed by atoms with E-state index in [-0.39, 0.29) is 5.78 Å². The third kappa shape index (κ3) is 3.37. The van der Waals surface area contributed by atoms with Gasteiger partial charge in [-0.1, -0.05) is 0 Å². The number of hydrogen-bond donors (Lipinski definition) is 0. The van der Waals surface area contributed by atoms with Gasteiger partial charge in [-0.3, -0.25) is 9.69 Å². The van der Waals surface area contributed by atoms with Crippen LogP contribution in [0.2, 0.25) is 0 Å². The van der Waals surface area contributed by atoms with Gasteiger partial charge in [-0.05, 0) is 42.0 Å². The van der Waals surface area contributed by atoms with E-state index in [1.165, 1.54) is 11.3 Å². The summed E-state index contributed by atoms with van der Waals surface area (Å²) in [4.78, 5) is 17.5. The number of carbonyl (C=O) groups excluding carboxylic acids is 1. The lowest BCUT2D eigenvalue weighted by Crippen LogP contribution is -2.51. The summed E-state index contributed by atoms with van der Waals surface area (Å²) >= 11 is 4.91. The van der Waals surface area contributed by atoms with Crippen LogP contribution in [-0.4, -0.2) is 54.9 Å². The summed E-state index contributed by atoms with van der Waals surface area (Å²) in [7, 11) is 2.13. The highest BCUT2D eigenvalue weighted by Crippen LogP contribution is 2.23. The second kappa shape index (κ2) is 5.61. The molecule has 5 heteroatoms. The molecule has 0 N–H and O–H groups in total. The van der Waals surface area contributed by atoms with Gasteiger partial charge in [0.2, 0.25) is 0 Å². The van der Waals surface area contributed by atoms with Gasteiger partial charge in [-0.2, -0.15) is 0 Å². The summed E-state index contributed by atoms with van der Waals surface area (Å²) in [5.41, 5.74) is 0. The Morgan fingerprint density at radius 3 is 2.88 bits per heavy atom. The van der Waals surface area contributed by atoms with Crippen molar-refractivity contribution in [3.8, 4) is 0 Å². The number of carbonyl (C=O) groups is 1. The van der Waals surface area contributed by atoms with E-state index in [0.29, 0.717) is 12.6 Å². The zero-order valence-corrected chi connectivity index (χ0v) is 12.6. The molecule has 1 fully saturated rings. The number of piperazine rings is 1. The number of likely N-dealkylation sites (N-methyl/N-ethyl adjacent to an activating group) is 1. The number of hydrogen-bond acceptors (Lipinski definition) is 4. The van der Waals surface area contributed by atoms with E-state index >= 15 is 0 Å². The van der Waals surface area contributed by atoms with Crippen LogP contribution in [0.1, 0.15) is 16.6 Å². The third-order valence-corrected chi connectivity index (χ3v) is 4.83. The topological polar surface area (TPSA) is 23.6 Å². The average molecular weight is 317 g/mol. The molecule has 0 aromatic carbocycles. The molecule has 1 aromatic rings. The van der Waals surface area contributed by atoms with Crippen molar-refractivity contribution in [1.82, 2.24) is 9.80 Å². The molecular formula is C12H17BrN2OS. The molecular weight excluding hydrogens is 300 g/mol. The maximum Gasteiger partial charge on any atom is 0.186 e. The average Bonchev–Trinajstić information content (AvgIpc) is 2.69. The Balaban J connectivity index is 1.95. The maximum absolute atomic E-state index is 12.1. The number of rotatable bonds is 3. The molecule has 3 nitrogen and oxygen atoms in total. The fourth-order valence-electron chi connectivity index (χ4n) is 2.14. The van der Waals surface area contributed by atoms with Crippen LogP contribution in [-0.2, 0) is 0 Å². The van der Waals surface area contributed by atoms with Crippen molar-refractivity contribution in [2.45, 2.75) is 13.0 Å². The second-order valence-electron chi connectivity index (χ2n) is 4.61. The quantitative estimate of drug-likeness (QED) is 0.800. The van der Waals surface area contributed by atoms with Gasteiger partial charge in [0.05, 0.1) is 15.2 Å². The molecule has 0 saturated carbocycles. The molecule has 1 aliphatic rings. The summed E-state index contributed by atoms with van der Waals surface area (Å²) in [5.74, 6) is 0.233. The first kappa shape index (κ1) is 13.2. The first-order valence-corrected chi connectivity index (χ1v) is 7.38. The fourth-order valence-corrected chi connectivity index (χ4v) is 3.45. The summed E-state index contributed by atoms with van der Waals surface area (Å²) in [6, 6.07) is 4.30. The molecule has 0 bridgehead atoms. The molecule has 2 heterocycles. The van der Waals surface area contributed by atoms with E-state index in [2.05, 4.69) is 39.7 Å². The van der Waals surface area contributed by atoms with Gasteiger partial charge in [0.25, 0.3) is 0 Å². The lowest BCUT2D eigenvalue weighted by molar-refractivity contribution is 0.0751. The number of ketones is 1. The molecule has 2 rings (SSSR count). The van der Waals surface area contributed by atoms with Crippen LogP contribution < -0.4 is 0 Å². The highest BCUT2D eigenvalue weighted by atomic mass is 79.9. The molecule has 1 saturated heterocycles. The molecule has 1 aliphatic heterocycles. The van der Waals surface area contributed by atoms with E-state index in [4.69, 9.17) is 0 Å². The lowest BCUT2D eigenvalue weighted by atomic mass is 10.2. The second-order valence-corrected chi connectivity index (χ2v) is 7.07. The Labute approximate surface area is 115 Å². The molecule has 17 heavy (non-hydrogen) atoms. The normalized spacial score (nSPS) is 22.9. The minimum atomic E-state index is 0.233. The van der Waals surface area contributed by atoms with E-state index in [1.54, 1.807) is 0 Å². The van der Waals surface area contributed by atoms with Gasteiger partial charge in [0.1, 0.15) is 0 Å². The van der Waals surface area contributed by atoms with Crippen molar-refractivity contribution >= 4 is 33.0 Å². The predicted molar refractivity (Wildman–Crippen MR) is 74.9 cm³/mol. The van der Waals surface area contributed by atoms with Crippen molar-refractivity contribution in [3.63, 3.8) is 0 Å². The van der Waals surface area contributed by atoms with Crippen LogP contribution in [0.15, 0.2) is 15.9 Å². The molecule has 0 amide bonds. The van der Waals surface area contributed by atoms with Crippen LogP contribution in [0.25, 0.3) is 0 Å². The molecule has 0 spiro atoms. The van der Waals surface area contributed by atoms with Crippen molar-refractivity contribution in [2.75, 3.05) is 33.2 Å². The van der Waals surface area contributed by atoms with Gasteiger partial charge < -0.3 is 4.90 Å². The first-order chi connectivity index (χ1) is 8.06.